The monoisotopic (exact) mass is 514 g/mol. The number of alkyl halides is 6. The maximum atomic E-state index is 12.9. The number of aryl methyl sites for hydroxylation is 1. The van der Waals surface area contributed by atoms with Crippen LogP contribution in [-0.2, 0) is 24.1 Å². The van der Waals surface area contributed by atoms with E-state index < -0.39 is 36.4 Å². The van der Waals surface area contributed by atoms with Gasteiger partial charge >= 0.3 is 12.4 Å². The van der Waals surface area contributed by atoms with Crippen LogP contribution in [0.2, 0.25) is 0 Å². The summed E-state index contributed by atoms with van der Waals surface area (Å²) in [5.74, 6) is -0.491. The number of pyridine rings is 1. The van der Waals surface area contributed by atoms with Crippen molar-refractivity contribution in [3.63, 3.8) is 0 Å². The molecule has 1 aliphatic heterocycles. The molecule has 36 heavy (non-hydrogen) atoms. The fraction of sp³-hybridized carbons (Fsp3) is 0.381. The Bertz CT molecular complexity index is 1250. The lowest BCUT2D eigenvalue weighted by Gasteiger charge is -2.35. The number of carbonyl (C=O) groups excluding carboxylic acids is 1. The summed E-state index contributed by atoms with van der Waals surface area (Å²) in [7, 11) is 1.37. The second-order valence-electron chi connectivity index (χ2n) is 8.22. The van der Waals surface area contributed by atoms with Crippen molar-refractivity contribution in [2.75, 3.05) is 22.6 Å². The number of aromatic nitrogens is 5. The molecule has 4 heterocycles. The van der Waals surface area contributed by atoms with E-state index in [0.717, 1.165) is 12.3 Å². The predicted molar refractivity (Wildman–Crippen MR) is 116 cm³/mol. The van der Waals surface area contributed by atoms with Crippen molar-refractivity contribution >= 4 is 23.4 Å². The zero-order valence-electron chi connectivity index (χ0n) is 18.9. The van der Waals surface area contributed by atoms with Gasteiger partial charge in [0.1, 0.15) is 17.4 Å². The van der Waals surface area contributed by atoms with Crippen LogP contribution in [0.25, 0.3) is 0 Å². The number of fused-ring (bicyclic) bond motifs is 1. The minimum Gasteiger partial charge on any atom is -0.350 e. The molecule has 3 aromatic heterocycles. The molecule has 0 saturated heterocycles. The predicted octanol–water partition coefficient (Wildman–Crippen LogP) is 3.77. The fourth-order valence-corrected chi connectivity index (χ4v) is 3.66. The Hall–Kier alpha value is -3.91. The zero-order chi connectivity index (χ0) is 26.3. The van der Waals surface area contributed by atoms with Gasteiger partial charge < -0.3 is 15.5 Å². The molecule has 1 atom stereocenters. The largest absolute Gasteiger partial charge is 0.433 e. The summed E-state index contributed by atoms with van der Waals surface area (Å²) < 4.78 is 78.3. The van der Waals surface area contributed by atoms with Crippen LogP contribution in [0.15, 0.2) is 30.7 Å². The molecule has 0 radical (unpaired) electrons. The molecule has 0 fully saturated rings. The summed E-state index contributed by atoms with van der Waals surface area (Å²) in [4.78, 5) is 25.3. The molecule has 1 aliphatic rings. The SMILES string of the molecule is Cc1nc(NCc2cnn(Cc3ccc(C(F)(F)F)nc3)c2)nc2c1NC(=O)[C@@H](CC(F)(F)F)N2C. The molecule has 0 unspecified atom stereocenters. The topological polar surface area (TPSA) is 101 Å². The molecular weight excluding hydrogens is 494 g/mol. The Balaban J connectivity index is 1.43. The average Bonchev–Trinajstić information content (AvgIpc) is 3.22. The first-order valence-electron chi connectivity index (χ1n) is 10.6. The molecular formula is C21H20F6N8O. The molecule has 0 aliphatic carbocycles. The molecule has 1 amide bonds. The number of amides is 1. The van der Waals surface area contributed by atoms with Crippen molar-refractivity contribution in [2.24, 2.45) is 0 Å². The Morgan fingerprint density at radius 2 is 1.83 bits per heavy atom. The van der Waals surface area contributed by atoms with E-state index >= 15 is 0 Å². The summed E-state index contributed by atoms with van der Waals surface area (Å²) in [5.41, 5.74) is 0.859. The van der Waals surface area contributed by atoms with Gasteiger partial charge in [0.15, 0.2) is 5.82 Å². The number of likely N-dealkylation sites (N-methyl/N-ethyl adjacent to an activating group) is 1. The number of nitrogens with zero attached hydrogens (tertiary/aromatic N) is 6. The third-order valence-electron chi connectivity index (χ3n) is 5.45. The van der Waals surface area contributed by atoms with Gasteiger partial charge in [0.25, 0.3) is 0 Å². The summed E-state index contributed by atoms with van der Waals surface area (Å²) in [5, 5.41) is 9.60. The van der Waals surface area contributed by atoms with E-state index in [9.17, 15) is 31.1 Å². The van der Waals surface area contributed by atoms with Gasteiger partial charge in [0, 0.05) is 31.5 Å². The average molecular weight is 514 g/mol. The molecule has 0 spiro atoms. The summed E-state index contributed by atoms with van der Waals surface area (Å²) >= 11 is 0. The first-order valence-corrected chi connectivity index (χ1v) is 10.6. The van der Waals surface area contributed by atoms with Crippen molar-refractivity contribution in [1.29, 1.82) is 0 Å². The molecule has 2 N–H and O–H groups in total. The van der Waals surface area contributed by atoms with Crippen LogP contribution in [0.3, 0.4) is 0 Å². The highest BCUT2D eigenvalue weighted by Crippen LogP contribution is 2.35. The van der Waals surface area contributed by atoms with E-state index in [2.05, 4.69) is 30.7 Å². The third-order valence-corrected chi connectivity index (χ3v) is 5.45. The Morgan fingerprint density at radius 3 is 2.47 bits per heavy atom. The Labute approximate surface area is 200 Å². The van der Waals surface area contributed by atoms with Gasteiger partial charge in [0.2, 0.25) is 11.9 Å². The van der Waals surface area contributed by atoms with Crippen molar-refractivity contribution < 1.29 is 31.1 Å². The number of carbonyl (C=O) groups is 1. The van der Waals surface area contributed by atoms with Crippen LogP contribution in [0.1, 0.15) is 28.9 Å². The Morgan fingerprint density at radius 1 is 1.08 bits per heavy atom. The molecule has 3 aromatic rings. The van der Waals surface area contributed by atoms with Gasteiger partial charge in [-0.2, -0.15) is 36.4 Å². The lowest BCUT2D eigenvalue weighted by molar-refractivity contribution is -0.145. The van der Waals surface area contributed by atoms with Gasteiger partial charge in [-0.1, -0.05) is 6.07 Å². The lowest BCUT2D eigenvalue weighted by atomic mass is 10.1. The van der Waals surface area contributed by atoms with Crippen molar-refractivity contribution in [3.05, 3.63) is 53.2 Å². The molecule has 192 valence electrons. The smallest absolute Gasteiger partial charge is 0.350 e. The maximum absolute atomic E-state index is 12.9. The zero-order valence-corrected chi connectivity index (χ0v) is 18.9. The van der Waals surface area contributed by atoms with Crippen molar-refractivity contribution in [2.45, 2.75) is 44.8 Å². The van der Waals surface area contributed by atoms with E-state index in [-0.39, 0.29) is 30.5 Å². The normalized spacial score (nSPS) is 16.1. The standard InChI is InChI=1S/C21H20F6N8O/c1-11-16-17(34(2)14(18(36)32-16)5-20(22,23)24)33-19(31-11)29-7-13-8-30-35(10-13)9-12-3-4-15(28-6-12)21(25,26)27/h3-4,6,8,10,14H,5,7,9H2,1-2H3,(H,32,36)(H,29,31,33)/t14-/m1/s1. The molecule has 0 saturated carbocycles. The second kappa shape index (κ2) is 9.28. The number of halogens is 6. The first-order chi connectivity index (χ1) is 16.8. The van der Waals surface area contributed by atoms with E-state index in [4.69, 9.17) is 0 Å². The fourth-order valence-electron chi connectivity index (χ4n) is 3.66. The van der Waals surface area contributed by atoms with Crippen LogP contribution >= 0.6 is 0 Å². The van der Waals surface area contributed by atoms with Crippen molar-refractivity contribution in [1.82, 2.24) is 24.7 Å². The van der Waals surface area contributed by atoms with Gasteiger partial charge in [-0.05, 0) is 18.6 Å². The summed E-state index contributed by atoms with van der Waals surface area (Å²) in [6.45, 7) is 2.01. The highest BCUT2D eigenvalue weighted by atomic mass is 19.4. The first kappa shape index (κ1) is 25.2. The molecule has 15 heteroatoms. The number of hydrogen-bond donors (Lipinski definition) is 2. The number of rotatable bonds is 6. The molecule has 0 bridgehead atoms. The minimum atomic E-state index is -4.53. The second-order valence-corrected chi connectivity index (χ2v) is 8.22. The van der Waals surface area contributed by atoms with Crippen LogP contribution in [0.5, 0.6) is 0 Å². The maximum Gasteiger partial charge on any atom is 0.433 e. The minimum absolute atomic E-state index is 0.139. The number of hydrogen-bond acceptors (Lipinski definition) is 7. The van der Waals surface area contributed by atoms with Crippen LogP contribution in [0.4, 0.5) is 43.8 Å². The third kappa shape index (κ3) is 5.66. The molecule has 4 rings (SSSR count). The molecule has 0 aromatic carbocycles. The van der Waals surface area contributed by atoms with Crippen LogP contribution in [0, 0.1) is 6.92 Å². The lowest BCUT2D eigenvalue weighted by Crippen LogP contribution is -2.49. The number of nitrogens with one attached hydrogen (secondary N) is 2. The number of anilines is 3. The van der Waals surface area contributed by atoms with Gasteiger partial charge in [-0.3, -0.25) is 14.5 Å². The van der Waals surface area contributed by atoms with Gasteiger partial charge in [-0.25, -0.2) is 4.98 Å². The highest BCUT2D eigenvalue weighted by molar-refractivity contribution is 6.03. The van der Waals surface area contributed by atoms with E-state index in [1.54, 1.807) is 19.3 Å². The highest BCUT2D eigenvalue weighted by Gasteiger charge is 2.41. The molecule has 9 nitrogen and oxygen atoms in total. The summed E-state index contributed by atoms with van der Waals surface area (Å²) in [6.07, 6.45) is -6.03. The quantitative estimate of drug-likeness (QED) is 0.483. The van der Waals surface area contributed by atoms with Crippen LogP contribution < -0.4 is 15.5 Å². The van der Waals surface area contributed by atoms with Gasteiger partial charge in [0.05, 0.1) is 24.9 Å². The van der Waals surface area contributed by atoms with Gasteiger partial charge in [-0.15, -0.1) is 0 Å². The van der Waals surface area contributed by atoms with E-state index in [1.165, 1.54) is 22.7 Å². The van der Waals surface area contributed by atoms with Crippen molar-refractivity contribution in [3.8, 4) is 0 Å². The summed E-state index contributed by atoms with van der Waals surface area (Å²) in [6, 6.07) is 0.758. The van der Waals surface area contributed by atoms with E-state index in [0.29, 0.717) is 16.8 Å². The van der Waals surface area contributed by atoms with Crippen LogP contribution in [-0.4, -0.2) is 49.9 Å². The van der Waals surface area contributed by atoms with E-state index in [1.807, 2.05) is 0 Å². The Kier molecular flexibility index (Phi) is 6.49.